The molecule has 9 atom stereocenters. The van der Waals surface area contributed by atoms with Gasteiger partial charge in [0.15, 0.2) is 0 Å². The fraction of sp³-hybridized carbons (Fsp3) is 0.735. The number of carboxylic acids is 1. The molecule has 0 radical (unpaired) electrons. The molecule has 20 nitrogen and oxygen atoms in total. The fourth-order valence-electron chi connectivity index (χ4n) is 5.08. The molecule has 0 heterocycles. The molecular formula is C34H61N9O11. The van der Waals surface area contributed by atoms with Gasteiger partial charge < -0.3 is 59.3 Å². The van der Waals surface area contributed by atoms with Crippen molar-refractivity contribution >= 4 is 53.2 Å². The van der Waals surface area contributed by atoms with E-state index in [-0.39, 0.29) is 37.5 Å². The number of aliphatic hydroxyl groups excluding tert-OH is 1. The van der Waals surface area contributed by atoms with Crippen molar-refractivity contribution in [3.63, 3.8) is 0 Å². The van der Waals surface area contributed by atoms with Crippen LogP contribution in [0.3, 0.4) is 0 Å². The molecule has 0 fully saturated rings. The van der Waals surface area contributed by atoms with Gasteiger partial charge in [-0.15, -0.1) is 0 Å². The Labute approximate surface area is 315 Å². The number of hydrogen-bond donors (Lipinski definition) is 11. The Morgan fingerprint density at radius 3 is 1.44 bits per heavy atom. The maximum atomic E-state index is 13.6. The molecule has 20 heteroatoms. The van der Waals surface area contributed by atoms with Crippen LogP contribution >= 0.6 is 0 Å². The highest BCUT2D eigenvalue weighted by Crippen LogP contribution is 2.11. The summed E-state index contributed by atoms with van der Waals surface area (Å²) >= 11 is 0. The molecule has 14 N–H and O–H groups in total. The van der Waals surface area contributed by atoms with Crippen LogP contribution in [0.2, 0.25) is 0 Å². The number of rotatable bonds is 25. The average Bonchev–Trinajstić information content (AvgIpc) is 3.05. The largest absolute Gasteiger partial charge is 0.480 e. The zero-order valence-corrected chi connectivity index (χ0v) is 32.4. The van der Waals surface area contributed by atoms with Crippen molar-refractivity contribution in [2.75, 3.05) is 0 Å². The Bertz CT molecular complexity index is 1340. The van der Waals surface area contributed by atoms with Crippen LogP contribution in [0.1, 0.15) is 93.9 Å². The summed E-state index contributed by atoms with van der Waals surface area (Å²) in [7, 11) is 0. The van der Waals surface area contributed by atoms with Gasteiger partial charge in [-0.3, -0.25) is 38.4 Å². The van der Waals surface area contributed by atoms with Crippen molar-refractivity contribution in [3.8, 4) is 0 Å². The van der Waals surface area contributed by atoms with Crippen molar-refractivity contribution in [2.24, 2.45) is 35.0 Å². The predicted octanol–water partition coefficient (Wildman–Crippen LogP) is -3.01. The molecule has 54 heavy (non-hydrogen) atoms. The molecule has 0 spiro atoms. The normalized spacial score (nSPS) is 16.2. The van der Waals surface area contributed by atoms with Crippen molar-refractivity contribution < 1.29 is 53.4 Å². The number of nitrogens with one attached hydrogen (secondary N) is 6. The first-order valence-electron chi connectivity index (χ1n) is 18.0. The van der Waals surface area contributed by atoms with Crippen molar-refractivity contribution in [3.05, 3.63) is 0 Å². The number of carbonyl (C=O) groups is 9. The highest BCUT2D eigenvalue weighted by molar-refractivity contribution is 5.97. The van der Waals surface area contributed by atoms with Crippen LogP contribution in [0.5, 0.6) is 0 Å². The van der Waals surface area contributed by atoms with E-state index >= 15 is 0 Å². The molecule has 308 valence electrons. The Balaban J connectivity index is 6.19. The summed E-state index contributed by atoms with van der Waals surface area (Å²) in [6.45, 7) is 13.0. The number of carbonyl (C=O) groups excluding carboxylic acids is 8. The number of primary amides is 2. The monoisotopic (exact) mass is 771 g/mol. The minimum absolute atomic E-state index is 0.0154. The fourth-order valence-corrected chi connectivity index (χ4v) is 5.08. The minimum atomic E-state index is -1.61. The lowest BCUT2D eigenvalue weighted by atomic mass is 9.99. The second-order valence-electron chi connectivity index (χ2n) is 14.4. The van der Waals surface area contributed by atoms with Crippen LogP contribution < -0.4 is 49.1 Å². The lowest BCUT2D eigenvalue weighted by Crippen LogP contribution is -2.61. The van der Waals surface area contributed by atoms with E-state index in [4.69, 9.17) is 17.2 Å². The number of carboxylic acid groups (broad SMARTS) is 1. The van der Waals surface area contributed by atoms with Gasteiger partial charge in [0, 0.05) is 6.42 Å². The zero-order valence-electron chi connectivity index (χ0n) is 32.4. The van der Waals surface area contributed by atoms with E-state index in [0.29, 0.717) is 6.42 Å². The highest BCUT2D eigenvalue weighted by Gasteiger charge is 2.35. The Kier molecular flexibility index (Phi) is 21.6. The average molecular weight is 772 g/mol. The van der Waals surface area contributed by atoms with Crippen LogP contribution in [0.25, 0.3) is 0 Å². The lowest BCUT2D eigenvalue weighted by molar-refractivity contribution is -0.143. The van der Waals surface area contributed by atoms with Crippen molar-refractivity contribution in [2.45, 2.75) is 142 Å². The molecule has 0 unspecified atom stereocenters. The van der Waals surface area contributed by atoms with E-state index in [1.165, 1.54) is 13.8 Å². The summed E-state index contributed by atoms with van der Waals surface area (Å²) in [5.74, 6) is -8.96. The van der Waals surface area contributed by atoms with Gasteiger partial charge in [0.1, 0.15) is 36.3 Å². The van der Waals surface area contributed by atoms with Crippen LogP contribution in [0, 0.1) is 17.8 Å². The molecule has 0 aromatic rings. The first-order chi connectivity index (χ1) is 24.9. The number of aliphatic carboxylic acids is 1. The van der Waals surface area contributed by atoms with Gasteiger partial charge in [0.2, 0.25) is 47.3 Å². The molecule has 8 amide bonds. The minimum Gasteiger partial charge on any atom is -0.480 e. The summed E-state index contributed by atoms with van der Waals surface area (Å²) in [5, 5.41) is 34.4. The smallest absolute Gasteiger partial charge is 0.326 e. The van der Waals surface area contributed by atoms with Crippen LogP contribution in [-0.4, -0.2) is 112 Å². The Morgan fingerprint density at radius 2 is 1.02 bits per heavy atom. The van der Waals surface area contributed by atoms with Gasteiger partial charge in [-0.05, 0) is 50.9 Å². The van der Waals surface area contributed by atoms with Crippen molar-refractivity contribution in [1.82, 2.24) is 31.9 Å². The van der Waals surface area contributed by atoms with Crippen molar-refractivity contribution in [1.29, 1.82) is 0 Å². The summed E-state index contributed by atoms with van der Waals surface area (Å²) in [4.78, 5) is 114. The Hall–Kier alpha value is -4.85. The van der Waals surface area contributed by atoms with Gasteiger partial charge >= 0.3 is 5.97 Å². The van der Waals surface area contributed by atoms with Gasteiger partial charge in [0.05, 0.1) is 18.6 Å². The van der Waals surface area contributed by atoms with E-state index in [2.05, 4.69) is 31.9 Å². The van der Waals surface area contributed by atoms with E-state index in [9.17, 15) is 53.4 Å². The Morgan fingerprint density at radius 1 is 0.574 bits per heavy atom. The van der Waals surface area contributed by atoms with Crippen LogP contribution in [-0.2, 0) is 43.2 Å². The van der Waals surface area contributed by atoms with Gasteiger partial charge in [0.25, 0.3) is 0 Å². The summed E-state index contributed by atoms with van der Waals surface area (Å²) < 4.78 is 0. The summed E-state index contributed by atoms with van der Waals surface area (Å²) in [5.41, 5.74) is 16.0. The number of aliphatic hydroxyl groups is 1. The molecule has 0 saturated carbocycles. The topological polar surface area (TPSA) is 344 Å². The van der Waals surface area contributed by atoms with E-state index in [1.54, 1.807) is 41.5 Å². The molecule has 0 aromatic heterocycles. The van der Waals surface area contributed by atoms with E-state index in [0.717, 1.165) is 0 Å². The lowest BCUT2D eigenvalue weighted by Gasteiger charge is -2.28. The molecule has 0 rings (SSSR count). The van der Waals surface area contributed by atoms with Gasteiger partial charge in [-0.1, -0.05) is 48.0 Å². The third kappa shape index (κ3) is 18.3. The maximum Gasteiger partial charge on any atom is 0.326 e. The highest BCUT2D eigenvalue weighted by atomic mass is 16.4. The number of nitrogens with two attached hydrogens (primary N) is 3. The quantitative estimate of drug-likeness (QED) is 0.0442. The van der Waals surface area contributed by atoms with E-state index < -0.39 is 114 Å². The molecular weight excluding hydrogens is 710 g/mol. The second kappa shape index (κ2) is 23.7. The molecule has 0 aromatic carbocycles. The molecule has 0 aliphatic heterocycles. The van der Waals surface area contributed by atoms with Gasteiger partial charge in [-0.2, -0.15) is 0 Å². The molecule has 0 aliphatic rings. The maximum absolute atomic E-state index is 13.6. The second-order valence-corrected chi connectivity index (χ2v) is 14.4. The molecule has 0 bridgehead atoms. The standard InChI is InChI=1S/C34H61N9O11/c1-9-17(6)26(34(53)54)42-28(47)18(7)38-31(50)22(12-15(2)3)40-30(49)21(10-11-24(36)45)39-32(51)23(13-16(4)5)41-33(52)27(19(8)44)43-29(48)20(35)14-25(37)46/h15-23,26-27,44H,9-14,35H2,1-8H3,(H2,36,45)(H2,37,46)(H,38,50)(H,39,51)(H,40,49)(H,41,52)(H,42,47)(H,43,48)(H,53,54)/t17-,18-,19+,20-,21-,22-,23-,26-,27-/m0/s1. The third-order valence-electron chi connectivity index (χ3n) is 8.34. The SMILES string of the molecule is CC[C@H](C)[C@H](NC(=O)[C@H](C)NC(=O)[C@H](CC(C)C)NC(=O)[C@H](CCC(N)=O)NC(=O)[C@H](CC(C)C)NC(=O)[C@@H](NC(=O)[C@@H](N)CC(N)=O)[C@@H](C)O)C(=O)O. The molecule has 0 aliphatic carbocycles. The van der Waals surface area contributed by atoms with E-state index in [1.807, 2.05) is 0 Å². The third-order valence-corrected chi connectivity index (χ3v) is 8.34. The summed E-state index contributed by atoms with van der Waals surface area (Å²) in [6.07, 6.45) is -2.12. The zero-order chi connectivity index (χ0) is 42.0. The first kappa shape index (κ1) is 49.1. The van der Waals surface area contributed by atoms with Crippen LogP contribution in [0.15, 0.2) is 0 Å². The molecule has 0 saturated heterocycles. The predicted molar refractivity (Wildman–Crippen MR) is 195 cm³/mol. The summed E-state index contributed by atoms with van der Waals surface area (Å²) in [6, 6.07) is -9.46. The number of hydrogen-bond acceptors (Lipinski definition) is 11. The number of amides is 8. The van der Waals surface area contributed by atoms with Gasteiger partial charge in [-0.25, -0.2) is 4.79 Å². The first-order valence-corrected chi connectivity index (χ1v) is 18.0. The van der Waals surface area contributed by atoms with Crippen LogP contribution in [0.4, 0.5) is 0 Å².